The van der Waals surface area contributed by atoms with Crippen LogP contribution in [0, 0.1) is 158 Å². The van der Waals surface area contributed by atoms with E-state index in [0.29, 0.717) is 72.0 Å². The number of rotatable bonds is 18. The zero-order chi connectivity index (χ0) is 66.9. The highest BCUT2D eigenvalue weighted by atomic mass is 32.2. The van der Waals surface area contributed by atoms with Gasteiger partial charge in [0.05, 0.1) is 41.2 Å². The largest absolute Gasteiger partial charge is 0.461 e. The Kier molecular flexibility index (Phi) is 17.3. The highest BCUT2D eigenvalue weighted by Crippen LogP contribution is 2.75. The molecular weight excluding hydrogens is 1240 g/mol. The summed E-state index contributed by atoms with van der Waals surface area (Å²) in [6, 6.07) is 31.8. The zero-order valence-electron chi connectivity index (χ0n) is 60.3. The van der Waals surface area contributed by atoms with Gasteiger partial charge in [-0.05, 0) is 355 Å². The van der Waals surface area contributed by atoms with Crippen molar-refractivity contribution in [2.45, 2.75) is 247 Å². The van der Waals surface area contributed by atoms with E-state index in [9.17, 15) is 18.7 Å². The molecule has 18 aliphatic carbocycles. The second-order valence-corrected chi connectivity index (χ2v) is 43.0. The Balaban J connectivity index is 0.000000340. The number of carbonyl (C=O) groups excluding carboxylic acids is 2. The zero-order valence-corrected chi connectivity index (χ0v) is 61.9. The highest BCUT2D eigenvalue weighted by molar-refractivity contribution is 7.99. The minimum atomic E-state index is -3.36. The number of benzene rings is 3. The van der Waals surface area contributed by atoms with E-state index < -0.39 is 17.5 Å². The first-order valence-electron chi connectivity index (χ1n) is 39.9. The van der Waals surface area contributed by atoms with Crippen LogP contribution in [-0.4, -0.2) is 64.5 Å². The summed E-state index contributed by atoms with van der Waals surface area (Å²) < 4.78 is 45.2. The molecule has 0 aliphatic heterocycles. The minimum absolute atomic E-state index is 0.0235. The molecule has 3 aromatic carbocycles. The van der Waals surface area contributed by atoms with Gasteiger partial charge in [0.15, 0.2) is 14.7 Å². The van der Waals surface area contributed by atoms with Crippen molar-refractivity contribution in [3.8, 4) is 0 Å². The Morgan fingerprint density at radius 2 is 1.08 bits per heavy atom. The number of ether oxygens (including phenoxy) is 3. The molecule has 97 heavy (non-hydrogen) atoms. The topological polar surface area (TPSA) is 82.1 Å². The maximum atomic E-state index is 15.3. The van der Waals surface area contributed by atoms with Crippen molar-refractivity contribution in [2.24, 2.45) is 158 Å². The summed E-state index contributed by atoms with van der Waals surface area (Å²) >= 11 is 2.26. The average molecular weight is 1360 g/mol. The first-order valence-corrected chi connectivity index (χ1v) is 42.3. The number of alkyl halides is 2. The molecule has 0 amide bonds. The summed E-state index contributed by atoms with van der Waals surface area (Å²) in [5.74, 6) is 14.4. The predicted octanol–water partition coefficient (Wildman–Crippen LogP) is 20.1. The highest BCUT2D eigenvalue weighted by Gasteiger charge is 2.71. The van der Waals surface area contributed by atoms with Gasteiger partial charge in [0, 0.05) is 18.8 Å². The molecule has 0 aromatic heterocycles. The van der Waals surface area contributed by atoms with E-state index in [4.69, 9.17) is 14.2 Å². The van der Waals surface area contributed by atoms with Crippen molar-refractivity contribution in [2.75, 3.05) is 24.7 Å². The molecule has 528 valence electrons. The van der Waals surface area contributed by atoms with E-state index in [2.05, 4.69) is 145 Å². The van der Waals surface area contributed by atoms with Crippen LogP contribution in [0.4, 0.5) is 8.78 Å². The predicted molar refractivity (Wildman–Crippen MR) is 384 cm³/mol. The Bertz CT molecular complexity index is 3230. The fourth-order valence-corrected chi connectivity index (χ4v) is 32.9. The van der Waals surface area contributed by atoms with Crippen molar-refractivity contribution in [1.29, 1.82) is 0 Å². The lowest BCUT2D eigenvalue weighted by molar-refractivity contribution is -0.226. The third kappa shape index (κ3) is 12.3. The summed E-state index contributed by atoms with van der Waals surface area (Å²) in [6.45, 7) is 19.8. The molecule has 18 fully saturated rings. The number of hydrogen-bond donors (Lipinski definition) is 1. The summed E-state index contributed by atoms with van der Waals surface area (Å²) in [6.07, 6.45) is 29.4. The molecule has 17 atom stereocenters. The van der Waals surface area contributed by atoms with Crippen LogP contribution in [0.1, 0.15) is 209 Å². The van der Waals surface area contributed by atoms with Gasteiger partial charge in [-0.2, -0.15) is 20.5 Å². The van der Waals surface area contributed by atoms with E-state index in [0.717, 1.165) is 129 Å². The van der Waals surface area contributed by atoms with E-state index >= 15 is 4.79 Å². The van der Waals surface area contributed by atoms with E-state index in [-0.39, 0.29) is 56.8 Å². The van der Waals surface area contributed by atoms with E-state index in [1.54, 1.807) is 0 Å². The van der Waals surface area contributed by atoms with Gasteiger partial charge in [0.2, 0.25) is 0 Å². The smallest absolute Gasteiger partial charge is 0.376 e. The van der Waals surface area contributed by atoms with Gasteiger partial charge in [-0.3, -0.25) is 4.79 Å². The van der Waals surface area contributed by atoms with Crippen molar-refractivity contribution < 1.29 is 37.7 Å². The molecule has 0 radical (unpaired) electrons. The standard InChI is InChI=1S/C73H99O4S2.C14H20F2O2/c1-69(2,3)66-50-34-60(61(35-50)68(74)77-71(7)53-26-44-24-45(28-53)29-54(71)27-44)65(66)62-48-30-51(40-76-73-38-46-25-47(39-73)37-72(75,36-46)42-73)58(32-48)64(62)63-49-31-52(59(33-49)67(63)70(4,5)6)41-78-23-22-43-18-20-57(21-19-43)79(55-14-10-8-11-15-55)56-16-12-9-13-17-56;1-13(15,16)12(17)18-8-14-5-9-2-10(6-14)4-11(3-9)7-14/h8-21,44-54,58-67,75H,22-42H2,1-7H3;9-11H,2-8H2,1H3/q+1;. The van der Waals surface area contributed by atoms with Crippen LogP contribution < -0.4 is 0 Å². The Hall–Kier alpha value is -2.92. The van der Waals surface area contributed by atoms with Gasteiger partial charge < -0.3 is 19.3 Å². The van der Waals surface area contributed by atoms with Gasteiger partial charge in [-0.15, -0.1) is 0 Å². The molecule has 18 bridgehead atoms. The summed E-state index contributed by atoms with van der Waals surface area (Å²) in [4.78, 5) is 30.6. The molecule has 1 N–H and O–H groups in total. The molecular formula is C87H119F2O6S2+. The van der Waals surface area contributed by atoms with Gasteiger partial charge >= 0.3 is 17.9 Å². The van der Waals surface area contributed by atoms with Gasteiger partial charge in [0.25, 0.3) is 0 Å². The Morgan fingerprint density at radius 3 is 1.66 bits per heavy atom. The molecule has 0 spiro atoms. The number of hydrogen-bond acceptors (Lipinski definition) is 7. The van der Waals surface area contributed by atoms with Crippen molar-refractivity contribution in [1.82, 2.24) is 0 Å². The van der Waals surface area contributed by atoms with Crippen LogP contribution in [0.15, 0.2) is 99.6 Å². The number of fused-ring (bicyclic) bond motifs is 6. The van der Waals surface area contributed by atoms with Crippen LogP contribution >= 0.6 is 11.8 Å². The molecule has 21 rings (SSSR count). The quantitative estimate of drug-likeness (QED) is 0.0772. The van der Waals surface area contributed by atoms with Crippen LogP contribution in [0.25, 0.3) is 0 Å². The van der Waals surface area contributed by atoms with Crippen LogP contribution in [0.2, 0.25) is 0 Å². The summed E-state index contributed by atoms with van der Waals surface area (Å²) in [5.41, 5.74) is 1.12. The normalized spacial score (nSPS) is 45.8. The number of thioether (sulfide) groups is 1. The molecule has 3 aromatic rings. The molecule has 18 aliphatic rings. The third-order valence-electron chi connectivity index (χ3n) is 31.4. The molecule has 6 nitrogen and oxygen atoms in total. The monoisotopic (exact) mass is 1360 g/mol. The van der Waals surface area contributed by atoms with Crippen LogP contribution in [0.3, 0.4) is 0 Å². The fourth-order valence-electron chi connectivity index (χ4n) is 29.6. The SMILES string of the molecule is CC(C)(C)C1C2CC(C(=O)OC3(C)C4CC5CC(C4)CC3C5)C(C2)C1C1C2CC(COC34CC5CC(CC(O)(C5)C3)C4)C(C2)C1C1C2CC(CSCCc3ccc([S+](c4ccccc4)c4ccccc4)cc3)C(C2)C1C(C)(C)C.CC(F)(F)C(=O)OCC12CC3CC(CC(C3)C1)C2. The fraction of sp³-hybridized carbons (Fsp3) is 0.770. The average Bonchev–Trinajstić information content (AvgIpc) is 1.55. The van der Waals surface area contributed by atoms with Crippen LogP contribution in [0.5, 0.6) is 0 Å². The first kappa shape index (κ1) is 67.3. The first-order chi connectivity index (χ1) is 46.3. The van der Waals surface area contributed by atoms with Gasteiger partial charge in [0.1, 0.15) is 5.60 Å². The Morgan fingerprint density at radius 1 is 0.546 bits per heavy atom. The lowest BCUT2D eigenvalue weighted by Crippen LogP contribution is -2.60. The van der Waals surface area contributed by atoms with Gasteiger partial charge in [-0.1, -0.05) is 90.1 Å². The van der Waals surface area contributed by atoms with Crippen molar-refractivity contribution in [3.63, 3.8) is 0 Å². The number of esters is 2. The number of aryl methyl sites for hydroxylation is 1. The minimum Gasteiger partial charge on any atom is -0.461 e. The molecule has 10 heteroatoms. The second-order valence-electron chi connectivity index (χ2n) is 39.8. The van der Waals surface area contributed by atoms with E-state index in [1.807, 2.05) is 0 Å². The molecule has 17 unspecified atom stereocenters. The Labute approximate surface area is 589 Å². The third-order valence-corrected chi connectivity index (χ3v) is 34.8. The maximum absolute atomic E-state index is 15.3. The maximum Gasteiger partial charge on any atom is 0.376 e. The molecule has 18 saturated carbocycles. The van der Waals surface area contributed by atoms with Crippen molar-refractivity contribution in [3.05, 3.63) is 90.5 Å². The second kappa shape index (κ2) is 24.9. The van der Waals surface area contributed by atoms with E-state index in [1.165, 1.54) is 134 Å². The van der Waals surface area contributed by atoms with Crippen LogP contribution in [-0.2, 0) is 41.1 Å². The number of aliphatic hydroxyl groups is 1. The summed E-state index contributed by atoms with van der Waals surface area (Å²) in [5, 5.41) is 11.9. The molecule has 0 heterocycles. The lowest BCUT2D eigenvalue weighted by atomic mass is 9.50. The molecule has 0 saturated heterocycles. The number of carbonyl (C=O) groups is 2. The van der Waals surface area contributed by atoms with Gasteiger partial charge in [-0.25, -0.2) is 4.79 Å². The lowest BCUT2D eigenvalue weighted by Gasteiger charge is -2.60. The van der Waals surface area contributed by atoms with Crippen molar-refractivity contribution >= 4 is 34.6 Å². The number of halogens is 2. The summed E-state index contributed by atoms with van der Waals surface area (Å²) in [7, 11) is -0.111.